The maximum atomic E-state index is 12.4. The van der Waals surface area contributed by atoms with E-state index < -0.39 is 40.9 Å². The number of aromatic nitrogens is 1. The first-order valence-corrected chi connectivity index (χ1v) is 5.17. The maximum Gasteiger partial charge on any atom is 0.318 e. The highest BCUT2D eigenvalue weighted by Gasteiger charge is 2.29. The number of aromatic hydroxyl groups is 1. The zero-order valence-electron chi connectivity index (χ0n) is 9.80. The Balaban J connectivity index is 3.22. The highest BCUT2D eigenvalue weighted by molar-refractivity contribution is 5.75. The fourth-order valence-electron chi connectivity index (χ4n) is 1.40. The van der Waals surface area contributed by atoms with Gasteiger partial charge < -0.3 is 9.84 Å². The standard InChI is InChI=1S/C10H10F2N2O5/c1-2-19-6(15)3-5-4-13-7(10(11)12)9(16)8(5)14(17)18/h4,10,16H,2-3H2,1H3. The van der Waals surface area contributed by atoms with Crippen molar-refractivity contribution >= 4 is 11.7 Å². The SMILES string of the molecule is CCOC(=O)Cc1cnc(C(F)F)c(O)c1[N+](=O)[O-]. The predicted octanol–water partition coefficient (Wildman–Crippen LogP) is 1.74. The molecule has 0 saturated heterocycles. The highest BCUT2D eigenvalue weighted by Crippen LogP contribution is 2.36. The van der Waals surface area contributed by atoms with Gasteiger partial charge in [0.15, 0.2) is 5.69 Å². The van der Waals surface area contributed by atoms with Crippen LogP contribution >= 0.6 is 0 Å². The molecule has 0 aliphatic rings. The summed E-state index contributed by atoms with van der Waals surface area (Å²) in [4.78, 5) is 24.2. The average molecular weight is 276 g/mol. The number of carbonyl (C=O) groups excluding carboxylic acids is 1. The fourth-order valence-corrected chi connectivity index (χ4v) is 1.40. The van der Waals surface area contributed by atoms with E-state index in [1.54, 1.807) is 6.92 Å². The van der Waals surface area contributed by atoms with Crippen LogP contribution in [0.15, 0.2) is 6.20 Å². The molecule has 19 heavy (non-hydrogen) atoms. The van der Waals surface area contributed by atoms with E-state index in [0.29, 0.717) is 0 Å². The second-order valence-electron chi connectivity index (χ2n) is 3.41. The Kier molecular flexibility index (Phi) is 4.67. The van der Waals surface area contributed by atoms with Gasteiger partial charge >= 0.3 is 11.7 Å². The van der Waals surface area contributed by atoms with Gasteiger partial charge in [0.2, 0.25) is 5.75 Å². The van der Waals surface area contributed by atoms with E-state index in [1.165, 1.54) is 0 Å². The van der Waals surface area contributed by atoms with Gasteiger partial charge in [0.25, 0.3) is 6.43 Å². The third-order valence-electron chi connectivity index (χ3n) is 2.16. The van der Waals surface area contributed by atoms with Crippen LogP contribution in [0.3, 0.4) is 0 Å². The molecule has 0 bridgehead atoms. The van der Waals surface area contributed by atoms with Crippen LogP contribution in [0.4, 0.5) is 14.5 Å². The third-order valence-corrected chi connectivity index (χ3v) is 2.16. The molecule has 0 radical (unpaired) electrons. The Labute approximate surface area is 106 Å². The fraction of sp³-hybridized carbons (Fsp3) is 0.400. The van der Waals surface area contributed by atoms with Gasteiger partial charge in [-0.3, -0.25) is 19.9 Å². The lowest BCUT2D eigenvalue weighted by Gasteiger charge is -2.07. The quantitative estimate of drug-likeness (QED) is 0.499. The van der Waals surface area contributed by atoms with Crippen LogP contribution in [0.25, 0.3) is 0 Å². The highest BCUT2D eigenvalue weighted by atomic mass is 19.3. The topological polar surface area (TPSA) is 103 Å². The molecule has 0 saturated carbocycles. The van der Waals surface area contributed by atoms with Gasteiger partial charge in [0.1, 0.15) is 0 Å². The van der Waals surface area contributed by atoms with Crippen molar-refractivity contribution in [3.63, 3.8) is 0 Å². The Morgan fingerprint density at radius 3 is 2.74 bits per heavy atom. The first-order valence-electron chi connectivity index (χ1n) is 5.17. The Hall–Kier alpha value is -2.32. The van der Waals surface area contributed by atoms with Crippen molar-refractivity contribution in [2.24, 2.45) is 0 Å². The number of ether oxygens (including phenoxy) is 1. The Morgan fingerprint density at radius 1 is 1.63 bits per heavy atom. The molecule has 0 aromatic carbocycles. The molecule has 1 N–H and O–H groups in total. The van der Waals surface area contributed by atoms with Gasteiger partial charge in [-0.05, 0) is 6.92 Å². The van der Waals surface area contributed by atoms with Crippen LogP contribution in [0.5, 0.6) is 5.75 Å². The molecule has 0 spiro atoms. The van der Waals surface area contributed by atoms with Gasteiger partial charge in [-0.1, -0.05) is 0 Å². The number of halogens is 2. The van der Waals surface area contributed by atoms with E-state index in [4.69, 9.17) is 0 Å². The minimum absolute atomic E-state index is 0.0706. The van der Waals surface area contributed by atoms with E-state index >= 15 is 0 Å². The van der Waals surface area contributed by atoms with E-state index in [-0.39, 0.29) is 12.2 Å². The number of alkyl halides is 2. The van der Waals surface area contributed by atoms with Crippen LogP contribution in [-0.4, -0.2) is 27.6 Å². The number of esters is 1. The van der Waals surface area contributed by atoms with Crippen molar-refractivity contribution < 1.29 is 28.3 Å². The van der Waals surface area contributed by atoms with Crippen molar-refractivity contribution in [1.29, 1.82) is 0 Å². The summed E-state index contributed by atoms with van der Waals surface area (Å²) < 4.78 is 29.5. The molecule has 0 aliphatic carbocycles. The Bertz CT molecular complexity index is 507. The van der Waals surface area contributed by atoms with Gasteiger partial charge in [-0.15, -0.1) is 0 Å². The lowest BCUT2D eigenvalue weighted by Crippen LogP contribution is -2.10. The lowest BCUT2D eigenvalue weighted by atomic mass is 10.1. The second kappa shape index (κ2) is 6.03. The van der Waals surface area contributed by atoms with Crippen molar-refractivity contribution in [1.82, 2.24) is 4.98 Å². The molecule has 0 fully saturated rings. The normalized spacial score (nSPS) is 10.5. The van der Waals surface area contributed by atoms with Crippen LogP contribution in [0.2, 0.25) is 0 Å². The summed E-state index contributed by atoms with van der Waals surface area (Å²) in [7, 11) is 0. The lowest BCUT2D eigenvalue weighted by molar-refractivity contribution is -0.386. The Morgan fingerprint density at radius 2 is 2.26 bits per heavy atom. The zero-order chi connectivity index (χ0) is 14.6. The molecule has 0 amide bonds. The van der Waals surface area contributed by atoms with Crippen LogP contribution < -0.4 is 0 Å². The summed E-state index contributed by atoms with van der Waals surface area (Å²) in [5.74, 6) is -2.02. The second-order valence-corrected chi connectivity index (χ2v) is 3.41. The molecule has 1 rings (SSSR count). The van der Waals surface area contributed by atoms with Crippen LogP contribution in [-0.2, 0) is 16.0 Å². The van der Waals surface area contributed by atoms with E-state index in [9.17, 15) is 28.8 Å². The molecule has 1 aromatic heterocycles. The minimum atomic E-state index is -3.16. The molecule has 1 aromatic rings. The monoisotopic (exact) mass is 276 g/mol. The number of rotatable bonds is 5. The summed E-state index contributed by atoms with van der Waals surface area (Å²) in [6.45, 7) is 1.61. The summed E-state index contributed by atoms with van der Waals surface area (Å²) >= 11 is 0. The smallest absolute Gasteiger partial charge is 0.318 e. The van der Waals surface area contributed by atoms with Gasteiger partial charge in [-0.25, -0.2) is 8.78 Å². The van der Waals surface area contributed by atoms with Crippen molar-refractivity contribution in [2.75, 3.05) is 6.61 Å². The summed E-state index contributed by atoms with van der Waals surface area (Å²) in [6.07, 6.45) is -2.93. The number of pyridine rings is 1. The van der Waals surface area contributed by atoms with Crippen molar-refractivity contribution in [2.45, 2.75) is 19.8 Å². The molecule has 0 aliphatic heterocycles. The van der Waals surface area contributed by atoms with Crippen LogP contribution in [0, 0.1) is 10.1 Å². The number of nitro groups is 1. The van der Waals surface area contributed by atoms with Crippen molar-refractivity contribution in [3.05, 3.63) is 27.6 Å². The first kappa shape index (κ1) is 14.7. The predicted molar refractivity (Wildman–Crippen MR) is 57.9 cm³/mol. The van der Waals surface area contributed by atoms with E-state index in [2.05, 4.69) is 9.72 Å². The molecular weight excluding hydrogens is 266 g/mol. The van der Waals surface area contributed by atoms with Gasteiger partial charge in [-0.2, -0.15) is 0 Å². The number of carbonyl (C=O) groups is 1. The van der Waals surface area contributed by atoms with Gasteiger partial charge in [0.05, 0.1) is 23.5 Å². The first-order chi connectivity index (χ1) is 8.88. The van der Waals surface area contributed by atoms with E-state index in [1.807, 2.05) is 0 Å². The summed E-state index contributed by atoms with van der Waals surface area (Å²) in [5.41, 5.74) is -2.34. The average Bonchev–Trinajstić information content (AvgIpc) is 2.28. The van der Waals surface area contributed by atoms with E-state index in [0.717, 1.165) is 6.20 Å². The molecule has 9 heteroatoms. The number of hydrogen-bond donors (Lipinski definition) is 1. The van der Waals surface area contributed by atoms with Crippen molar-refractivity contribution in [3.8, 4) is 5.75 Å². The van der Waals surface area contributed by atoms with Crippen LogP contribution in [0.1, 0.15) is 24.6 Å². The largest absolute Gasteiger partial charge is 0.501 e. The zero-order valence-corrected chi connectivity index (χ0v) is 9.80. The minimum Gasteiger partial charge on any atom is -0.501 e. The molecule has 0 atom stereocenters. The molecule has 7 nitrogen and oxygen atoms in total. The molecule has 0 unspecified atom stereocenters. The maximum absolute atomic E-state index is 12.4. The number of nitrogens with zero attached hydrogens (tertiary/aromatic N) is 2. The molecule has 104 valence electrons. The summed E-state index contributed by atoms with van der Waals surface area (Å²) in [5, 5.41) is 20.2. The number of hydrogen-bond acceptors (Lipinski definition) is 6. The molecular formula is C10H10F2N2O5. The third kappa shape index (κ3) is 3.33. The summed E-state index contributed by atoms with van der Waals surface area (Å²) in [6, 6.07) is 0. The molecule has 1 heterocycles. The van der Waals surface area contributed by atoms with Gasteiger partial charge in [0, 0.05) is 6.20 Å².